The summed E-state index contributed by atoms with van der Waals surface area (Å²) in [5.74, 6) is -1.89. The molecule has 0 amide bonds. The van der Waals surface area contributed by atoms with Gasteiger partial charge in [-0.1, -0.05) is 38.7 Å². The first kappa shape index (κ1) is 18.8. The molecule has 22 heavy (non-hydrogen) atoms. The first-order valence-corrected chi connectivity index (χ1v) is 7.79. The van der Waals surface area contributed by atoms with E-state index in [9.17, 15) is 8.78 Å². The third kappa shape index (κ3) is 5.89. The number of methoxy groups -OCH3 is 2. The van der Waals surface area contributed by atoms with E-state index in [-0.39, 0.29) is 12.4 Å². The van der Waals surface area contributed by atoms with Crippen LogP contribution in [0.1, 0.15) is 44.6 Å². The summed E-state index contributed by atoms with van der Waals surface area (Å²) in [6.45, 7) is 2.14. The molecule has 0 aliphatic rings. The van der Waals surface area contributed by atoms with Gasteiger partial charge in [-0.2, -0.15) is 4.39 Å². The van der Waals surface area contributed by atoms with Gasteiger partial charge in [0.05, 0.1) is 0 Å². The highest BCUT2D eigenvalue weighted by atomic mass is 19.2. The van der Waals surface area contributed by atoms with Crippen molar-refractivity contribution in [2.45, 2.75) is 51.7 Å². The van der Waals surface area contributed by atoms with Crippen LogP contribution in [0.4, 0.5) is 8.78 Å². The topological polar surface area (TPSA) is 27.7 Å². The highest BCUT2D eigenvalue weighted by Crippen LogP contribution is 2.24. The minimum absolute atomic E-state index is 0.000273. The molecular formula is C17H26F2O3. The normalized spacial score (nSPS) is 11.2. The minimum Gasteiger partial charge on any atom is -0.485 e. The van der Waals surface area contributed by atoms with Crippen molar-refractivity contribution >= 4 is 0 Å². The maximum atomic E-state index is 14.0. The van der Waals surface area contributed by atoms with E-state index >= 15 is 0 Å². The molecule has 5 heteroatoms. The predicted molar refractivity (Wildman–Crippen MR) is 82.1 cm³/mol. The summed E-state index contributed by atoms with van der Waals surface area (Å²) >= 11 is 0. The van der Waals surface area contributed by atoms with Crippen LogP contribution in [-0.2, 0) is 15.9 Å². The van der Waals surface area contributed by atoms with E-state index in [0.717, 1.165) is 19.3 Å². The van der Waals surface area contributed by atoms with Crippen molar-refractivity contribution in [3.8, 4) is 5.75 Å². The zero-order chi connectivity index (χ0) is 16.4. The van der Waals surface area contributed by atoms with Gasteiger partial charge in [-0.3, -0.25) is 0 Å². The van der Waals surface area contributed by atoms with E-state index in [4.69, 9.17) is 14.2 Å². The molecule has 0 saturated heterocycles. The summed E-state index contributed by atoms with van der Waals surface area (Å²) in [7, 11) is 2.91. The van der Waals surface area contributed by atoms with E-state index in [1.165, 1.54) is 33.1 Å². The average molecular weight is 316 g/mol. The molecule has 0 heterocycles. The average Bonchev–Trinajstić information content (AvgIpc) is 2.53. The van der Waals surface area contributed by atoms with Gasteiger partial charge in [0.15, 0.2) is 17.9 Å². The number of benzene rings is 1. The van der Waals surface area contributed by atoms with Crippen LogP contribution in [-0.4, -0.2) is 27.1 Å². The van der Waals surface area contributed by atoms with Gasteiger partial charge in [0.2, 0.25) is 5.82 Å². The number of hydrogen-bond acceptors (Lipinski definition) is 3. The van der Waals surface area contributed by atoms with Gasteiger partial charge in [-0.05, 0) is 24.5 Å². The Hall–Kier alpha value is -1.20. The lowest BCUT2D eigenvalue weighted by Crippen LogP contribution is -2.22. The van der Waals surface area contributed by atoms with E-state index in [1.54, 1.807) is 6.07 Å². The molecule has 0 aliphatic heterocycles. The Balaban J connectivity index is 2.56. The van der Waals surface area contributed by atoms with Gasteiger partial charge in [0.1, 0.15) is 6.61 Å². The monoisotopic (exact) mass is 316 g/mol. The van der Waals surface area contributed by atoms with Crippen LogP contribution in [0.5, 0.6) is 5.75 Å². The molecule has 0 radical (unpaired) electrons. The highest BCUT2D eigenvalue weighted by molar-refractivity contribution is 5.31. The smallest absolute Gasteiger partial charge is 0.200 e. The third-order valence-electron chi connectivity index (χ3n) is 3.58. The predicted octanol–water partition coefficient (Wildman–Crippen LogP) is 4.48. The zero-order valence-corrected chi connectivity index (χ0v) is 13.7. The second-order valence-electron chi connectivity index (χ2n) is 5.23. The second-order valence-corrected chi connectivity index (χ2v) is 5.23. The SMILES string of the molecule is CCCCCCCc1ccc(OCC(OC)OC)c(F)c1F. The molecule has 1 aromatic carbocycles. The Labute approximate surface area is 131 Å². The van der Waals surface area contributed by atoms with Crippen LogP contribution in [0.25, 0.3) is 0 Å². The standard InChI is InChI=1S/C17H26F2O3/c1-4-5-6-7-8-9-13-10-11-14(17(19)16(13)18)22-12-15(20-2)21-3/h10-11,15H,4-9,12H2,1-3H3. The van der Waals surface area contributed by atoms with Gasteiger partial charge >= 0.3 is 0 Å². The number of aryl methyl sites for hydroxylation is 1. The molecule has 0 spiro atoms. The Kier molecular flexibility index (Phi) is 9.01. The molecule has 0 unspecified atom stereocenters. The second kappa shape index (κ2) is 10.5. The third-order valence-corrected chi connectivity index (χ3v) is 3.58. The molecule has 0 aromatic heterocycles. The fourth-order valence-electron chi connectivity index (χ4n) is 2.19. The molecule has 0 N–H and O–H groups in total. The van der Waals surface area contributed by atoms with Crippen LogP contribution in [0, 0.1) is 11.6 Å². The number of ether oxygens (including phenoxy) is 3. The number of unbranched alkanes of at least 4 members (excludes halogenated alkanes) is 4. The molecule has 0 atom stereocenters. The molecule has 0 bridgehead atoms. The van der Waals surface area contributed by atoms with Crippen molar-refractivity contribution in [2.24, 2.45) is 0 Å². The number of hydrogen-bond donors (Lipinski definition) is 0. The first-order chi connectivity index (χ1) is 10.6. The van der Waals surface area contributed by atoms with Crippen molar-refractivity contribution in [3.63, 3.8) is 0 Å². The number of rotatable bonds is 11. The van der Waals surface area contributed by atoms with Crippen LogP contribution >= 0.6 is 0 Å². The highest BCUT2D eigenvalue weighted by Gasteiger charge is 2.16. The van der Waals surface area contributed by atoms with Gasteiger partial charge in [-0.25, -0.2) is 4.39 Å². The van der Waals surface area contributed by atoms with Crippen molar-refractivity contribution < 1.29 is 23.0 Å². The molecule has 3 nitrogen and oxygen atoms in total. The summed E-state index contributed by atoms with van der Waals surface area (Å²) in [6.07, 6.45) is 5.33. The Morgan fingerprint density at radius 2 is 1.64 bits per heavy atom. The van der Waals surface area contributed by atoms with E-state index in [2.05, 4.69) is 6.92 Å². The Morgan fingerprint density at radius 1 is 0.955 bits per heavy atom. The Bertz CT molecular complexity index is 434. The molecular weight excluding hydrogens is 290 g/mol. The summed E-state index contributed by atoms with van der Waals surface area (Å²) in [5.41, 5.74) is 0.399. The maximum Gasteiger partial charge on any atom is 0.200 e. The van der Waals surface area contributed by atoms with Crippen molar-refractivity contribution in [1.29, 1.82) is 0 Å². The summed E-state index contributed by atoms with van der Waals surface area (Å²) in [4.78, 5) is 0. The summed E-state index contributed by atoms with van der Waals surface area (Å²) in [6, 6.07) is 3.05. The lowest BCUT2D eigenvalue weighted by molar-refractivity contribution is -0.122. The number of halogens is 2. The first-order valence-electron chi connectivity index (χ1n) is 7.79. The lowest BCUT2D eigenvalue weighted by atomic mass is 10.0. The molecule has 1 aromatic rings. The lowest BCUT2D eigenvalue weighted by Gasteiger charge is -2.15. The minimum atomic E-state index is -0.947. The van der Waals surface area contributed by atoms with Crippen LogP contribution < -0.4 is 4.74 Å². The molecule has 126 valence electrons. The van der Waals surface area contributed by atoms with E-state index < -0.39 is 17.9 Å². The zero-order valence-electron chi connectivity index (χ0n) is 13.7. The van der Waals surface area contributed by atoms with Gasteiger partial charge in [0, 0.05) is 14.2 Å². The Morgan fingerprint density at radius 3 is 2.27 bits per heavy atom. The fraction of sp³-hybridized carbons (Fsp3) is 0.647. The van der Waals surface area contributed by atoms with Crippen molar-refractivity contribution in [2.75, 3.05) is 20.8 Å². The van der Waals surface area contributed by atoms with Crippen LogP contribution in [0.15, 0.2) is 12.1 Å². The van der Waals surface area contributed by atoms with Gasteiger partial charge < -0.3 is 14.2 Å². The molecule has 0 aliphatic carbocycles. The van der Waals surface area contributed by atoms with Gasteiger partial charge in [-0.15, -0.1) is 0 Å². The summed E-state index contributed by atoms with van der Waals surface area (Å²) in [5, 5.41) is 0. The maximum absolute atomic E-state index is 14.0. The molecule has 0 fully saturated rings. The van der Waals surface area contributed by atoms with Crippen molar-refractivity contribution in [1.82, 2.24) is 0 Å². The quantitative estimate of drug-likeness (QED) is 0.445. The van der Waals surface area contributed by atoms with Gasteiger partial charge in [0.25, 0.3) is 0 Å². The van der Waals surface area contributed by atoms with E-state index in [1.807, 2.05) is 0 Å². The van der Waals surface area contributed by atoms with Crippen molar-refractivity contribution in [3.05, 3.63) is 29.3 Å². The largest absolute Gasteiger partial charge is 0.485 e. The fourth-order valence-corrected chi connectivity index (χ4v) is 2.19. The molecule has 0 saturated carbocycles. The van der Waals surface area contributed by atoms with E-state index in [0.29, 0.717) is 12.0 Å². The van der Waals surface area contributed by atoms with Crippen LogP contribution in [0.3, 0.4) is 0 Å². The van der Waals surface area contributed by atoms with Crippen LogP contribution in [0.2, 0.25) is 0 Å². The molecule has 1 rings (SSSR count). The summed E-state index contributed by atoms with van der Waals surface area (Å²) < 4.78 is 43.1.